The Labute approximate surface area is 138 Å². The fourth-order valence-corrected chi connectivity index (χ4v) is 2.77. The van der Waals surface area contributed by atoms with Crippen molar-refractivity contribution in [2.24, 2.45) is 5.92 Å². The molecule has 0 fully saturated rings. The molecule has 0 radical (unpaired) electrons. The molecule has 8 heteroatoms. The highest BCUT2D eigenvalue weighted by atomic mass is 16.6. The molecule has 1 aliphatic rings. The molecule has 1 N–H and O–H groups in total. The third-order valence-corrected chi connectivity index (χ3v) is 3.96. The summed E-state index contributed by atoms with van der Waals surface area (Å²) in [5.41, 5.74) is 1.73. The van der Waals surface area contributed by atoms with Crippen LogP contribution in [0.3, 0.4) is 0 Å². The van der Waals surface area contributed by atoms with Gasteiger partial charge in [0.05, 0.1) is 6.04 Å². The standard InChI is InChI=1S/C16H18N6O2/c1-10(2)16(11-3-4-12-13(9-11)24-8-7-23-12)17-14-5-6-15-18-20-21-22(15)19-14/h3-6,9-10,16H,7-8H2,1-2H3,(H,17,19). The highest BCUT2D eigenvalue weighted by Gasteiger charge is 2.20. The number of ether oxygens (including phenoxy) is 2. The van der Waals surface area contributed by atoms with Crippen molar-refractivity contribution >= 4 is 11.5 Å². The molecular weight excluding hydrogens is 308 g/mol. The Hall–Kier alpha value is -2.90. The highest BCUT2D eigenvalue weighted by Crippen LogP contribution is 2.35. The lowest BCUT2D eigenvalue weighted by molar-refractivity contribution is 0.171. The first-order valence-electron chi connectivity index (χ1n) is 7.92. The van der Waals surface area contributed by atoms with Crippen molar-refractivity contribution in [3.63, 3.8) is 0 Å². The van der Waals surface area contributed by atoms with Crippen LogP contribution in [0.5, 0.6) is 11.5 Å². The third kappa shape index (κ3) is 2.70. The monoisotopic (exact) mass is 326 g/mol. The van der Waals surface area contributed by atoms with E-state index in [4.69, 9.17) is 9.47 Å². The number of nitrogens with one attached hydrogen (secondary N) is 1. The largest absolute Gasteiger partial charge is 0.486 e. The normalized spacial score (nSPS) is 14.8. The quantitative estimate of drug-likeness (QED) is 0.785. The van der Waals surface area contributed by atoms with E-state index >= 15 is 0 Å². The van der Waals surface area contributed by atoms with Crippen LogP contribution in [0.25, 0.3) is 5.65 Å². The average Bonchev–Trinajstić information content (AvgIpc) is 3.06. The zero-order valence-corrected chi connectivity index (χ0v) is 13.5. The Bertz CT molecular complexity index is 863. The van der Waals surface area contributed by atoms with Gasteiger partial charge in [-0.05, 0) is 46.2 Å². The second-order valence-electron chi connectivity index (χ2n) is 6.01. The molecule has 0 bridgehead atoms. The van der Waals surface area contributed by atoms with Gasteiger partial charge in [-0.25, -0.2) is 0 Å². The topological polar surface area (TPSA) is 86.5 Å². The Morgan fingerprint density at radius 2 is 1.92 bits per heavy atom. The van der Waals surface area contributed by atoms with E-state index in [0.717, 1.165) is 17.1 Å². The van der Waals surface area contributed by atoms with Gasteiger partial charge in [0.1, 0.15) is 19.0 Å². The van der Waals surface area contributed by atoms with Crippen LogP contribution in [0, 0.1) is 5.92 Å². The van der Waals surface area contributed by atoms with Crippen molar-refractivity contribution in [1.29, 1.82) is 0 Å². The minimum atomic E-state index is 0.0715. The molecule has 1 unspecified atom stereocenters. The first-order valence-corrected chi connectivity index (χ1v) is 7.92. The Kier molecular flexibility index (Phi) is 3.64. The molecule has 0 spiro atoms. The predicted octanol–water partition coefficient (Wildman–Crippen LogP) is 2.10. The van der Waals surface area contributed by atoms with Gasteiger partial charge in [0.15, 0.2) is 17.1 Å². The average molecular weight is 326 g/mol. The van der Waals surface area contributed by atoms with Crippen molar-refractivity contribution < 1.29 is 9.47 Å². The first-order chi connectivity index (χ1) is 11.7. The van der Waals surface area contributed by atoms with Crippen molar-refractivity contribution in [2.45, 2.75) is 19.9 Å². The van der Waals surface area contributed by atoms with E-state index in [-0.39, 0.29) is 6.04 Å². The lowest BCUT2D eigenvalue weighted by Gasteiger charge is -2.25. The van der Waals surface area contributed by atoms with Crippen molar-refractivity contribution in [2.75, 3.05) is 18.5 Å². The number of hydrogen-bond acceptors (Lipinski definition) is 7. The van der Waals surface area contributed by atoms with Crippen LogP contribution in [0.2, 0.25) is 0 Å². The smallest absolute Gasteiger partial charge is 0.200 e. The Morgan fingerprint density at radius 3 is 2.75 bits per heavy atom. The molecule has 3 aromatic rings. The van der Waals surface area contributed by atoms with Gasteiger partial charge >= 0.3 is 0 Å². The molecule has 0 saturated carbocycles. The second-order valence-corrected chi connectivity index (χ2v) is 6.01. The summed E-state index contributed by atoms with van der Waals surface area (Å²) in [4.78, 5) is 0. The lowest BCUT2D eigenvalue weighted by Crippen LogP contribution is -2.20. The maximum Gasteiger partial charge on any atom is 0.200 e. The molecule has 4 rings (SSSR count). The molecule has 124 valence electrons. The number of anilines is 1. The van der Waals surface area contributed by atoms with Crippen LogP contribution in [0.4, 0.5) is 5.82 Å². The summed E-state index contributed by atoms with van der Waals surface area (Å²) in [5, 5.41) is 19.1. The van der Waals surface area contributed by atoms with Gasteiger partial charge in [-0.15, -0.1) is 14.8 Å². The minimum Gasteiger partial charge on any atom is -0.486 e. The summed E-state index contributed by atoms with van der Waals surface area (Å²) < 4.78 is 12.7. The number of hydrogen-bond donors (Lipinski definition) is 1. The fraction of sp³-hybridized carbons (Fsp3) is 0.375. The van der Waals surface area contributed by atoms with E-state index in [9.17, 15) is 0 Å². The van der Waals surface area contributed by atoms with Crippen LogP contribution >= 0.6 is 0 Å². The van der Waals surface area contributed by atoms with Gasteiger partial charge in [0, 0.05) is 0 Å². The van der Waals surface area contributed by atoms with E-state index in [2.05, 4.69) is 45.9 Å². The molecule has 0 saturated heterocycles. The molecule has 0 amide bonds. The summed E-state index contributed by atoms with van der Waals surface area (Å²) in [5.74, 6) is 2.64. The Morgan fingerprint density at radius 1 is 1.08 bits per heavy atom. The van der Waals surface area contributed by atoms with Gasteiger partial charge in [-0.3, -0.25) is 0 Å². The van der Waals surface area contributed by atoms with Gasteiger partial charge in [0.2, 0.25) is 0 Å². The van der Waals surface area contributed by atoms with E-state index < -0.39 is 0 Å². The number of nitrogens with zero attached hydrogens (tertiary/aromatic N) is 5. The van der Waals surface area contributed by atoms with Crippen LogP contribution in [0.1, 0.15) is 25.5 Å². The number of rotatable bonds is 4. The van der Waals surface area contributed by atoms with E-state index in [0.29, 0.717) is 30.6 Å². The van der Waals surface area contributed by atoms with Crippen molar-refractivity contribution in [3.8, 4) is 11.5 Å². The SMILES string of the molecule is CC(C)C(Nc1ccc2nnnn2n1)c1ccc2c(c1)OCCO2. The molecule has 24 heavy (non-hydrogen) atoms. The zero-order valence-electron chi connectivity index (χ0n) is 13.5. The molecule has 2 aromatic heterocycles. The van der Waals surface area contributed by atoms with Crippen LogP contribution in [-0.2, 0) is 0 Å². The molecule has 1 aliphatic heterocycles. The van der Waals surface area contributed by atoms with Gasteiger partial charge < -0.3 is 14.8 Å². The maximum absolute atomic E-state index is 5.69. The molecule has 1 aromatic carbocycles. The zero-order chi connectivity index (χ0) is 16.5. The van der Waals surface area contributed by atoms with Crippen molar-refractivity contribution in [3.05, 3.63) is 35.9 Å². The van der Waals surface area contributed by atoms with Crippen LogP contribution < -0.4 is 14.8 Å². The van der Waals surface area contributed by atoms with Gasteiger partial charge in [-0.1, -0.05) is 19.9 Å². The summed E-state index contributed by atoms with van der Waals surface area (Å²) >= 11 is 0. The first kappa shape index (κ1) is 14.7. The summed E-state index contributed by atoms with van der Waals surface area (Å²) in [6.45, 7) is 5.48. The second kappa shape index (κ2) is 5.95. The summed E-state index contributed by atoms with van der Waals surface area (Å²) in [6, 6.07) is 9.82. The Balaban J connectivity index is 1.64. The molecule has 3 heterocycles. The number of fused-ring (bicyclic) bond motifs is 2. The van der Waals surface area contributed by atoms with E-state index in [1.54, 1.807) is 0 Å². The third-order valence-electron chi connectivity index (χ3n) is 3.96. The number of tetrazole rings is 1. The molecule has 8 nitrogen and oxygen atoms in total. The predicted molar refractivity (Wildman–Crippen MR) is 87.2 cm³/mol. The van der Waals surface area contributed by atoms with E-state index in [1.807, 2.05) is 24.3 Å². The van der Waals surface area contributed by atoms with Crippen molar-refractivity contribution in [1.82, 2.24) is 25.3 Å². The minimum absolute atomic E-state index is 0.0715. The van der Waals surface area contributed by atoms with Gasteiger partial charge in [-0.2, -0.15) is 0 Å². The number of aromatic nitrogens is 5. The summed E-state index contributed by atoms with van der Waals surface area (Å²) in [6.07, 6.45) is 0. The summed E-state index contributed by atoms with van der Waals surface area (Å²) in [7, 11) is 0. The number of benzene rings is 1. The lowest BCUT2D eigenvalue weighted by atomic mass is 9.95. The molecular formula is C16H18N6O2. The maximum atomic E-state index is 5.69. The molecule has 1 atom stereocenters. The highest BCUT2D eigenvalue weighted by molar-refractivity contribution is 5.48. The fourth-order valence-electron chi connectivity index (χ4n) is 2.77. The van der Waals surface area contributed by atoms with Crippen LogP contribution in [0.15, 0.2) is 30.3 Å². The van der Waals surface area contributed by atoms with Gasteiger partial charge in [0.25, 0.3) is 0 Å². The molecule has 0 aliphatic carbocycles. The van der Waals surface area contributed by atoms with E-state index in [1.165, 1.54) is 4.63 Å². The van der Waals surface area contributed by atoms with Crippen LogP contribution in [-0.4, -0.2) is 38.5 Å².